The van der Waals surface area contributed by atoms with Gasteiger partial charge in [-0.3, -0.25) is 0 Å². The number of benzene rings is 1. The van der Waals surface area contributed by atoms with Gasteiger partial charge in [0, 0.05) is 7.05 Å². The van der Waals surface area contributed by atoms with Crippen molar-refractivity contribution in [2.75, 3.05) is 19.5 Å². The molecular formula is C15H20N2O2. The van der Waals surface area contributed by atoms with Crippen LogP contribution in [0.2, 0.25) is 0 Å². The normalized spacial score (nSPS) is 10.5. The minimum atomic E-state index is 0.560. The Morgan fingerprint density at radius 3 is 2.79 bits per heavy atom. The summed E-state index contributed by atoms with van der Waals surface area (Å²) in [4.78, 5) is 4.32. The molecular weight excluding hydrogens is 240 g/mol. The van der Waals surface area contributed by atoms with Gasteiger partial charge in [0.25, 0.3) is 6.01 Å². The van der Waals surface area contributed by atoms with Gasteiger partial charge in [0.05, 0.1) is 12.8 Å². The van der Waals surface area contributed by atoms with E-state index >= 15 is 0 Å². The fraction of sp³-hybridized carbons (Fsp3) is 0.400. The van der Waals surface area contributed by atoms with Gasteiger partial charge in [-0.1, -0.05) is 19.1 Å². The summed E-state index contributed by atoms with van der Waals surface area (Å²) >= 11 is 0. The molecule has 0 amide bonds. The maximum atomic E-state index is 5.40. The zero-order valence-electron chi connectivity index (χ0n) is 11.7. The molecule has 0 saturated carbocycles. The fourth-order valence-corrected chi connectivity index (χ4v) is 2.05. The zero-order valence-corrected chi connectivity index (χ0v) is 11.7. The van der Waals surface area contributed by atoms with E-state index in [0.717, 1.165) is 30.7 Å². The number of nitrogens with zero attached hydrogens (tertiary/aromatic N) is 1. The Morgan fingerprint density at radius 1 is 1.32 bits per heavy atom. The molecule has 0 unspecified atom stereocenters. The second-order valence-corrected chi connectivity index (χ2v) is 4.39. The largest absolute Gasteiger partial charge is 0.496 e. The van der Waals surface area contributed by atoms with Gasteiger partial charge in [0.15, 0.2) is 0 Å². The number of anilines is 1. The lowest BCUT2D eigenvalue weighted by Gasteiger charge is -2.09. The van der Waals surface area contributed by atoms with Crippen LogP contribution in [0.3, 0.4) is 0 Å². The Bertz CT molecular complexity index is 535. The van der Waals surface area contributed by atoms with Crippen LogP contribution in [-0.4, -0.2) is 19.1 Å². The number of methoxy groups -OCH3 is 1. The average molecular weight is 260 g/mol. The molecule has 1 heterocycles. The molecule has 0 aliphatic carbocycles. The van der Waals surface area contributed by atoms with Crippen LogP contribution in [0.15, 0.2) is 28.9 Å². The Morgan fingerprint density at radius 2 is 2.16 bits per heavy atom. The van der Waals surface area contributed by atoms with Crippen LogP contribution in [0.25, 0.3) is 0 Å². The predicted molar refractivity (Wildman–Crippen MR) is 75.8 cm³/mol. The molecule has 4 heteroatoms. The molecule has 0 aliphatic rings. The fourth-order valence-electron chi connectivity index (χ4n) is 2.05. The number of hydrogen-bond acceptors (Lipinski definition) is 4. The van der Waals surface area contributed by atoms with Gasteiger partial charge in [-0.2, -0.15) is 4.98 Å². The molecule has 1 N–H and O–H groups in total. The average Bonchev–Trinajstić information content (AvgIpc) is 2.92. The zero-order chi connectivity index (χ0) is 13.7. The number of aryl methyl sites for hydroxylation is 3. The maximum absolute atomic E-state index is 5.40. The molecule has 2 rings (SSSR count). The van der Waals surface area contributed by atoms with E-state index in [1.54, 1.807) is 20.4 Å². The summed E-state index contributed by atoms with van der Waals surface area (Å²) in [5.74, 6) is 0.939. The highest BCUT2D eigenvalue weighted by Gasteiger charge is 2.07. The van der Waals surface area contributed by atoms with Crippen molar-refractivity contribution in [3.63, 3.8) is 0 Å². The van der Waals surface area contributed by atoms with Crippen molar-refractivity contribution >= 4 is 6.01 Å². The molecule has 4 nitrogen and oxygen atoms in total. The quantitative estimate of drug-likeness (QED) is 0.867. The molecule has 0 saturated heterocycles. The molecule has 2 aromatic rings. The highest BCUT2D eigenvalue weighted by Crippen LogP contribution is 2.22. The molecule has 1 aromatic carbocycles. The van der Waals surface area contributed by atoms with Crippen LogP contribution >= 0.6 is 0 Å². The highest BCUT2D eigenvalue weighted by atomic mass is 16.5. The van der Waals surface area contributed by atoms with Gasteiger partial charge in [-0.05, 0) is 36.5 Å². The summed E-state index contributed by atoms with van der Waals surface area (Å²) in [6, 6.07) is 6.91. The van der Waals surface area contributed by atoms with Gasteiger partial charge in [-0.15, -0.1) is 0 Å². The molecule has 1 aromatic heterocycles. The molecule has 0 fully saturated rings. The molecule has 102 valence electrons. The van der Waals surface area contributed by atoms with Crippen LogP contribution < -0.4 is 10.1 Å². The van der Waals surface area contributed by atoms with Gasteiger partial charge < -0.3 is 14.5 Å². The van der Waals surface area contributed by atoms with Crippen LogP contribution in [0.4, 0.5) is 6.01 Å². The van der Waals surface area contributed by atoms with E-state index in [1.807, 2.05) is 6.07 Å². The standard InChI is InChI=1S/C15H20N2O2/c1-4-11-5-8-14(18-3)12(9-11)6-7-13-10-19-15(16-2)17-13/h5,8-10H,4,6-7H2,1-3H3,(H,16,17). The lowest BCUT2D eigenvalue weighted by atomic mass is 10.0. The van der Waals surface area contributed by atoms with E-state index in [2.05, 4.69) is 29.4 Å². The Labute approximate surface area is 113 Å². The topological polar surface area (TPSA) is 47.3 Å². The molecule has 19 heavy (non-hydrogen) atoms. The second-order valence-electron chi connectivity index (χ2n) is 4.39. The Hall–Kier alpha value is -1.97. The van der Waals surface area contributed by atoms with Gasteiger partial charge in [-0.25, -0.2) is 0 Å². The first kappa shape index (κ1) is 13.5. The minimum Gasteiger partial charge on any atom is -0.496 e. The number of oxazole rings is 1. The van der Waals surface area contributed by atoms with Crippen LogP contribution in [0, 0.1) is 0 Å². The highest BCUT2D eigenvalue weighted by molar-refractivity contribution is 5.38. The van der Waals surface area contributed by atoms with Crippen molar-refractivity contribution in [2.45, 2.75) is 26.2 Å². The van der Waals surface area contributed by atoms with Gasteiger partial charge in [0.2, 0.25) is 0 Å². The lowest BCUT2D eigenvalue weighted by molar-refractivity contribution is 0.409. The number of aromatic nitrogens is 1. The van der Waals surface area contributed by atoms with E-state index in [-0.39, 0.29) is 0 Å². The summed E-state index contributed by atoms with van der Waals surface area (Å²) in [6.45, 7) is 2.16. The number of nitrogens with one attached hydrogen (secondary N) is 1. The Kier molecular flexibility index (Phi) is 4.44. The second kappa shape index (κ2) is 6.27. The monoisotopic (exact) mass is 260 g/mol. The first-order chi connectivity index (χ1) is 9.26. The number of rotatable bonds is 6. The van der Waals surface area contributed by atoms with Gasteiger partial charge in [0.1, 0.15) is 12.0 Å². The molecule has 0 bridgehead atoms. The third kappa shape index (κ3) is 3.28. The van der Waals surface area contributed by atoms with E-state index in [4.69, 9.17) is 9.15 Å². The van der Waals surface area contributed by atoms with Crippen molar-refractivity contribution in [3.8, 4) is 5.75 Å². The lowest BCUT2D eigenvalue weighted by Crippen LogP contribution is -1.97. The minimum absolute atomic E-state index is 0.560. The predicted octanol–water partition coefficient (Wildman–Crippen LogP) is 3.07. The smallest absolute Gasteiger partial charge is 0.294 e. The third-order valence-electron chi connectivity index (χ3n) is 3.17. The molecule has 0 radical (unpaired) electrons. The molecule has 0 atom stereocenters. The first-order valence-corrected chi connectivity index (χ1v) is 6.54. The summed E-state index contributed by atoms with van der Waals surface area (Å²) in [5.41, 5.74) is 3.50. The summed E-state index contributed by atoms with van der Waals surface area (Å²) < 4.78 is 10.7. The number of hydrogen-bond donors (Lipinski definition) is 1. The summed E-state index contributed by atoms with van der Waals surface area (Å²) in [6.07, 6.45) is 4.47. The number of ether oxygens (including phenoxy) is 1. The van der Waals surface area contributed by atoms with E-state index in [1.165, 1.54) is 11.1 Å². The van der Waals surface area contributed by atoms with Gasteiger partial charge >= 0.3 is 0 Å². The first-order valence-electron chi connectivity index (χ1n) is 6.54. The SMILES string of the molecule is CCc1ccc(OC)c(CCc2coc(NC)n2)c1. The summed E-state index contributed by atoms with van der Waals surface area (Å²) in [7, 11) is 3.50. The molecule has 0 spiro atoms. The van der Waals surface area contributed by atoms with E-state index in [9.17, 15) is 0 Å². The van der Waals surface area contributed by atoms with Crippen LogP contribution in [0.5, 0.6) is 5.75 Å². The van der Waals surface area contributed by atoms with Crippen molar-refractivity contribution in [2.24, 2.45) is 0 Å². The van der Waals surface area contributed by atoms with Crippen molar-refractivity contribution < 1.29 is 9.15 Å². The molecule has 0 aliphatic heterocycles. The maximum Gasteiger partial charge on any atom is 0.294 e. The van der Waals surface area contributed by atoms with Crippen LogP contribution in [-0.2, 0) is 19.3 Å². The van der Waals surface area contributed by atoms with E-state index < -0.39 is 0 Å². The van der Waals surface area contributed by atoms with Crippen LogP contribution in [0.1, 0.15) is 23.7 Å². The van der Waals surface area contributed by atoms with Crippen molar-refractivity contribution in [3.05, 3.63) is 41.3 Å². The summed E-state index contributed by atoms with van der Waals surface area (Å²) in [5, 5.41) is 2.88. The van der Waals surface area contributed by atoms with E-state index in [0.29, 0.717) is 6.01 Å². The van der Waals surface area contributed by atoms with Crippen molar-refractivity contribution in [1.29, 1.82) is 0 Å². The third-order valence-corrected chi connectivity index (χ3v) is 3.17. The Balaban J connectivity index is 2.09. The van der Waals surface area contributed by atoms with Crippen molar-refractivity contribution in [1.82, 2.24) is 4.98 Å².